The van der Waals surface area contributed by atoms with Crippen LogP contribution < -0.4 is 14.4 Å². The Bertz CT molecular complexity index is 980. The number of nitro benzene ring substituents is 1. The van der Waals surface area contributed by atoms with Crippen molar-refractivity contribution in [2.75, 3.05) is 29.5 Å². The van der Waals surface area contributed by atoms with E-state index < -0.39 is 27.4 Å². The molecule has 0 aromatic heterocycles. The first-order valence-corrected chi connectivity index (χ1v) is 9.70. The van der Waals surface area contributed by atoms with E-state index in [1.807, 2.05) is 0 Å². The number of methoxy groups -OCH3 is 1. The minimum atomic E-state index is -3.79. The second-order valence-corrected chi connectivity index (χ2v) is 7.75. The average molecular weight is 414 g/mol. The van der Waals surface area contributed by atoms with Gasteiger partial charge in [-0.1, -0.05) is 17.7 Å². The van der Waals surface area contributed by atoms with Crippen LogP contribution in [0.2, 0.25) is 5.02 Å². The Labute approximate surface area is 160 Å². The van der Waals surface area contributed by atoms with E-state index in [1.165, 1.54) is 31.4 Å². The smallest absolute Gasteiger partial charge is 0.271 e. The zero-order valence-electron chi connectivity index (χ0n) is 14.4. The molecule has 0 saturated carbocycles. The third-order valence-corrected chi connectivity index (χ3v) is 4.93. The number of carbonyl (C=O) groups excluding carboxylic acids is 1. The van der Waals surface area contributed by atoms with Gasteiger partial charge >= 0.3 is 0 Å². The maximum atomic E-state index is 12.4. The molecule has 11 heteroatoms. The number of anilines is 2. The lowest BCUT2D eigenvalue weighted by atomic mass is 10.2. The molecule has 0 spiro atoms. The van der Waals surface area contributed by atoms with Gasteiger partial charge in [0.1, 0.15) is 12.3 Å². The first-order chi connectivity index (χ1) is 12.6. The Balaban J connectivity index is 2.27. The van der Waals surface area contributed by atoms with Crippen molar-refractivity contribution >= 4 is 44.6 Å². The summed E-state index contributed by atoms with van der Waals surface area (Å²) in [7, 11) is -2.35. The highest BCUT2D eigenvalue weighted by molar-refractivity contribution is 7.92. The van der Waals surface area contributed by atoms with E-state index in [2.05, 4.69) is 5.32 Å². The average Bonchev–Trinajstić information content (AvgIpc) is 2.60. The van der Waals surface area contributed by atoms with Crippen molar-refractivity contribution in [1.82, 2.24) is 0 Å². The normalized spacial score (nSPS) is 10.9. The van der Waals surface area contributed by atoms with Crippen LogP contribution in [0.5, 0.6) is 5.75 Å². The lowest BCUT2D eigenvalue weighted by molar-refractivity contribution is -0.384. The second kappa shape index (κ2) is 8.23. The van der Waals surface area contributed by atoms with E-state index in [4.69, 9.17) is 16.3 Å². The van der Waals surface area contributed by atoms with Gasteiger partial charge in [-0.3, -0.25) is 19.2 Å². The number of nitrogens with one attached hydrogen (secondary N) is 1. The van der Waals surface area contributed by atoms with Crippen LogP contribution in [0.4, 0.5) is 17.1 Å². The zero-order chi connectivity index (χ0) is 20.2. The van der Waals surface area contributed by atoms with Gasteiger partial charge in [0.05, 0.1) is 34.7 Å². The van der Waals surface area contributed by atoms with Crippen molar-refractivity contribution < 1.29 is 22.9 Å². The molecule has 27 heavy (non-hydrogen) atoms. The predicted octanol–water partition coefficient (Wildman–Crippen LogP) is 2.66. The molecule has 1 N–H and O–H groups in total. The second-order valence-electron chi connectivity index (χ2n) is 5.44. The molecule has 0 aliphatic rings. The molecule has 0 fully saturated rings. The van der Waals surface area contributed by atoms with Gasteiger partial charge in [-0.25, -0.2) is 8.42 Å². The molecule has 0 aliphatic carbocycles. The molecule has 144 valence electrons. The van der Waals surface area contributed by atoms with E-state index >= 15 is 0 Å². The number of hydrogen-bond donors (Lipinski definition) is 1. The third-order valence-electron chi connectivity index (χ3n) is 3.46. The molecule has 1 amide bonds. The number of hydrogen-bond acceptors (Lipinski definition) is 6. The van der Waals surface area contributed by atoms with Gasteiger partial charge in [-0.05, 0) is 18.2 Å². The molecule has 2 aromatic rings. The van der Waals surface area contributed by atoms with Crippen molar-refractivity contribution in [3.8, 4) is 5.75 Å². The van der Waals surface area contributed by atoms with Crippen LogP contribution in [0, 0.1) is 10.1 Å². The number of rotatable bonds is 7. The minimum Gasteiger partial charge on any atom is -0.497 e. The summed E-state index contributed by atoms with van der Waals surface area (Å²) in [5, 5.41) is 13.3. The molecule has 9 nitrogen and oxygen atoms in total. The van der Waals surface area contributed by atoms with Crippen molar-refractivity contribution in [1.29, 1.82) is 0 Å². The number of carbonyl (C=O) groups is 1. The number of halogens is 1. The summed E-state index contributed by atoms with van der Waals surface area (Å²) in [6.07, 6.45) is 0.958. The molecule has 0 unspecified atom stereocenters. The molecule has 0 radical (unpaired) electrons. The highest BCUT2D eigenvalue weighted by Crippen LogP contribution is 2.27. The van der Waals surface area contributed by atoms with Gasteiger partial charge in [-0.2, -0.15) is 0 Å². The van der Waals surface area contributed by atoms with Crippen LogP contribution in [-0.4, -0.2) is 39.2 Å². The van der Waals surface area contributed by atoms with E-state index in [1.54, 1.807) is 12.1 Å². The molecular formula is C16H16ClN3O6S. The maximum Gasteiger partial charge on any atom is 0.271 e. The molecule has 0 bridgehead atoms. The Morgan fingerprint density at radius 2 is 2.00 bits per heavy atom. The van der Waals surface area contributed by atoms with Gasteiger partial charge in [-0.15, -0.1) is 0 Å². The number of non-ortho nitro benzene ring substituents is 1. The zero-order valence-corrected chi connectivity index (χ0v) is 16.0. The van der Waals surface area contributed by atoms with Gasteiger partial charge < -0.3 is 10.1 Å². The quantitative estimate of drug-likeness (QED) is 0.550. The highest BCUT2D eigenvalue weighted by atomic mass is 35.5. The fourth-order valence-electron chi connectivity index (χ4n) is 2.21. The minimum absolute atomic E-state index is 0.00922. The van der Waals surface area contributed by atoms with E-state index in [9.17, 15) is 23.3 Å². The van der Waals surface area contributed by atoms with E-state index in [-0.39, 0.29) is 22.1 Å². The summed E-state index contributed by atoms with van der Waals surface area (Å²) < 4.78 is 30.2. The van der Waals surface area contributed by atoms with Gasteiger partial charge in [0.2, 0.25) is 15.9 Å². The number of sulfonamides is 1. The number of ether oxygens (including phenoxy) is 1. The van der Waals surface area contributed by atoms with Crippen molar-refractivity contribution in [2.45, 2.75) is 0 Å². The monoisotopic (exact) mass is 413 g/mol. The van der Waals surface area contributed by atoms with E-state index in [0.717, 1.165) is 16.6 Å². The molecule has 0 atom stereocenters. The van der Waals surface area contributed by atoms with Crippen molar-refractivity contribution in [3.63, 3.8) is 0 Å². The lowest BCUT2D eigenvalue weighted by Gasteiger charge is -2.22. The summed E-state index contributed by atoms with van der Waals surface area (Å²) in [5.41, 5.74) is -0.0189. The summed E-state index contributed by atoms with van der Waals surface area (Å²) in [5.74, 6) is -0.297. The van der Waals surface area contributed by atoms with Crippen molar-refractivity contribution in [3.05, 3.63) is 57.6 Å². The molecule has 0 heterocycles. The number of amides is 1. The molecule has 2 rings (SSSR count). The summed E-state index contributed by atoms with van der Waals surface area (Å²) in [4.78, 5) is 22.6. The third kappa shape index (κ3) is 5.31. The summed E-state index contributed by atoms with van der Waals surface area (Å²) in [6.45, 7) is -0.551. The van der Waals surface area contributed by atoms with Gasteiger partial charge in [0.15, 0.2) is 0 Å². The van der Waals surface area contributed by atoms with Crippen LogP contribution in [0.3, 0.4) is 0 Å². The largest absolute Gasteiger partial charge is 0.497 e. The first-order valence-electron chi connectivity index (χ1n) is 7.47. The topological polar surface area (TPSA) is 119 Å². The van der Waals surface area contributed by atoms with Crippen LogP contribution in [-0.2, 0) is 14.8 Å². The van der Waals surface area contributed by atoms with Crippen LogP contribution in [0.15, 0.2) is 42.5 Å². The van der Waals surface area contributed by atoms with Crippen LogP contribution in [0.25, 0.3) is 0 Å². The fraction of sp³-hybridized carbons (Fsp3) is 0.188. The SMILES string of the molecule is COc1cccc(N(CC(=O)Nc2cc([N+](=O)[O-])ccc2Cl)S(C)(=O)=O)c1. The number of nitrogens with zero attached hydrogens (tertiary/aromatic N) is 2. The Kier molecular flexibility index (Phi) is 6.24. The van der Waals surface area contributed by atoms with Crippen LogP contribution >= 0.6 is 11.6 Å². The molecular weight excluding hydrogens is 398 g/mol. The van der Waals surface area contributed by atoms with Gasteiger partial charge in [0.25, 0.3) is 5.69 Å². The fourth-order valence-corrected chi connectivity index (χ4v) is 3.22. The highest BCUT2D eigenvalue weighted by Gasteiger charge is 2.22. The Morgan fingerprint density at radius 3 is 2.59 bits per heavy atom. The van der Waals surface area contributed by atoms with Crippen LogP contribution in [0.1, 0.15) is 0 Å². The summed E-state index contributed by atoms with van der Waals surface area (Å²) >= 11 is 5.94. The number of benzene rings is 2. The first kappa shape index (κ1) is 20.5. The van der Waals surface area contributed by atoms with Gasteiger partial charge in [0, 0.05) is 18.2 Å². The number of nitro groups is 1. The Morgan fingerprint density at radius 1 is 1.30 bits per heavy atom. The van der Waals surface area contributed by atoms with Crippen molar-refractivity contribution in [2.24, 2.45) is 0 Å². The molecule has 0 saturated heterocycles. The van der Waals surface area contributed by atoms with E-state index in [0.29, 0.717) is 5.75 Å². The molecule has 0 aliphatic heterocycles. The predicted molar refractivity (Wildman–Crippen MR) is 102 cm³/mol. The molecule has 2 aromatic carbocycles. The lowest BCUT2D eigenvalue weighted by Crippen LogP contribution is -2.37. The standard InChI is InChI=1S/C16H16ClN3O6S/c1-26-13-5-3-4-11(8-13)19(27(2,24)25)10-16(21)18-15-9-12(20(22)23)6-7-14(15)17/h3-9H,10H2,1-2H3,(H,18,21). The summed E-state index contributed by atoms with van der Waals surface area (Å²) in [6, 6.07) is 9.75. The Hall–Kier alpha value is -2.85. The maximum absolute atomic E-state index is 12.4.